The minimum absolute atomic E-state index is 0.173. The Morgan fingerprint density at radius 1 is 0.692 bits per heavy atom. The first-order valence-corrected chi connectivity index (χ1v) is 9.16. The van der Waals surface area contributed by atoms with Crippen molar-refractivity contribution < 1.29 is 0 Å². The number of pyridine rings is 1. The van der Waals surface area contributed by atoms with Gasteiger partial charge in [-0.25, -0.2) is 0 Å². The number of allylic oxidation sites excluding steroid dienone is 2. The molecule has 1 heterocycles. The predicted molar refractivity (Wildman–Crippen MR) is 113 cm³/mol. The molecule has 2 aromatic carbocycles. The highest BCUT2D eigenvalue weighted by molar-refractivity contribution is 5.88. The van der Waals surface area contributed by atoms with Gasteiger partial charge >= 0.3 is 0 Å². The molecule has 0 saturated carbocycles. The summed E-state index contributed by atoms with van der Waals surface area (Å²) in [6.07, 6.45) is 1.98. The third-order valence-corrected chi connectivity index (χ3v) is 5.01. The SMILES string of the molecule is C/C(=C(/C)c1ccc(-c2ccc(C(C)(C)C)cc2)nc1)c1ccccc1. The van der Waals surface area contributed by atoms with Crippen molar-refractivity contribution in [2.24, 2.45) is 0 Å². The molecule has 0 saturated heterocycles. The molecule has 0 spiro atoms. The molecule has 0 amide bonds. The van der Waals surface area contributed by atoms with Crippen LogP contribution in [0.4, 0.5) is 0 Å². The highest BCUT2D eigenvalue weighted by Gasteiger charge is 2.13. The summed E-state index contributed by atoms with van der Waals surface area (Å²) in [5, 5.41) is 0. The van der Waals surface area contributed by atoms with E-state index in [1.54, 1.807) is 0 Å². The van der Waals surface area contributed by atoms with E-state index in [4.69, 9.17) is 4.98 Å². The Morgan fingerprint density at radius 3 is 1.85 bits per heavy atom. The Labute approximate surface area is 157 Å². The smallest absolute Gasteiger partial charge is 0.0702 e. The first kappa shape index (κ1) is 18.1. The van der Waals surface area contributed by atoms with E-state index < -0.39 is 0 Å². The second-order valence-electron chi connectivity index (χ2n) is 7.88. The molecule has 0 N–H and O–H groups in total. The summed E-state index contributed by atoms with van der Waals surface area (Å²) in [4.78, 5) is 4.70. The van der Waals surface area contributed by atoms with Gasteiger partial charge < -0.3 is 0 Å². The molecule has 3 rings (SSSR count). The van der Waals surface area contributed by atoms with Gasteiger partial charge in [-0.2, -0.15) is 0 Å². The molecule has 0 bridgehead atoms. The zero-order valence-corrected chi connectivity index (χ0v) is 16.4. The number of nitrogens with zero attached hydrogens (tertiary/aromatic N) is 1. The van der Waals surface area contributed by atoms with E-state index in [0.29, 0.717) is 0 Å². The molecular formula is C25H27N. The summed E-state index contributed by atoms with van der Waals surface area (Å²) in [6, 6.07) is 23.5. The van der Waals surface area contributed by atoms with Gasteiger partial charge in [0.15, 0.2) is 0 Å². The van der Waals surface area contributed by atoms with E-state index in [9.17, 15) is 0 Å². The largest absolute Gasteiger partial charge is 0.256 e. The second kappa shape index (κ2) is 7.29. The number of benzene rings is 2. The molecule has 3 aromatic rings. The van der Waals surface area contributed by atoms with Gasteiger partial charge in [0.2, 0.25) is 0 Å². The number of hydrogen-bond acceptors (Lipinski definition) is 1. The van der Waals surface area contributed by atoms with Crippen LogP contribution in [0.2, 0.25) is 0 Å². The molecule has 0 radical (unpaired) electrons. The molecule has 1 heteroatoms. The summed E-state index contributed by atoms with van der Waals surface area (Å²) < 4.78 is 0. The van der Waals surface area contributed by atoms with Crippen LogP contribution in [0.25, 0.3) is 22.4 Å². The van der Waals surface area contributed by atoms with E-state index in [1.807, 2.05) is 12.3 Å². The lowest BCUT2D eigenvalue weighted by Crippen LogP contribution is -2.10. The fraction of sp³-hybridized carbons (Fsp3) is 0.240. The highest BCUT2D eigenvalue weighted by atomic mass is 14.7. The first-order chi connectivity index (χ1) is 12.4. The third kappa shape index (κ3) is 3.94. The lowest BCUT2D eigenvalue weighted by Gasteiger charge is -2.19. The highest BCUT2D eigenvalue weighted by Crippen LogP contribution is 2.28. The van der Waals surface area contributed by atoms with Crippen molar-refractivity contribution in [3.8, 4) is 11.3 Å². The van der Waals surface area contributed by atoms with Crippen LogP contribution in [0.15, 0.2) is 72.9 Å². The molecule has 132 valence electrons. The summed E-state index contributed by atoms with van der Waals surface area (Å²) in [5.74, 6) is 0. The van der Waals surface area contributed by atoms with Gasteiger partial charge in [-0.3, -0.25) is 4.98 Å². The molecule has 1 aromatic heterocycles. The molecule has 0 aliphatic carbocycles. The molecule has 0 aliphatic heterocycles. The van der Waals surface area contributed by atoms with Crippen LogP contribution < -0.4 is 0 Å². The maximum absolute atomic E-state index is 4.70. The zero-order valence-electron chi connectivity index (χ0n) is 16.4. The van der Waals surface area contributed by atoms with E-state index >= 15 is 0 Å². The van der Waals surface area contributed by atoms with E-state index in [0.717, 1.165) is 11.3 Å². The molecule has 0 atom stereocenters. The third-order valence-electron chi connectivity index (χ3n) is 5.01. The van der Waals surface area contributed by atoms with Crippen LogP contribution in [-0.2, 0) is 5.41 Å². The molecule has 1 nitrogen and oxygen atoms in total. The average molecular weight is 341 g/mol. The van der Waals surface area contributed by atoms with Crippen LogP contribution in [0, 0.1) is 0 Å². The van der Waals surface area contributed by atoms with Crippen molar-refractivity contribution in [1.82, 2.24) is 4.98 Å². The van der Waals surface area contributed by atoms with Crippen LogP contribution in [0.3, 0.4) is 0 Å². The van der Waals surface area contributed by atoms with Crippen LogP contribution in [0.5, 0.6) is 0 Å². The zero-order chi connectivity index (χ0) is 18.7. The monoisotopic (exact) mass is 341 g/mol. The van der Waals surface area contributed by atoms with Gasteiger partial charge in [0.05, 0.1) is 5.69 Å². The van der Waals surface area contributed by atoms with Gasteiger partial charge in [0.25, 0.3) is 0 Å². The summed E-state index contributed by atoms with van der Waals surface area (Å²) in [5.41, 5.74) is 8.66. The quantitative estimate of drug-likeness (QED) is 0.500. The molecule has 0 unspecified atom stereocenters. The fourth-order valence-electron chi connectivity index (χ4n) is 3.05. The van der Waals surface area contributed by atoms with Gasteiger partial charge in [0.1, 0.15) is 0 Å². The number of hydrogen-bond donors (Lipinski definition) is 0. The second-order valence-corrected chi connectivity index (χ2v) is 7.88. The minimum atomic E-state index is 0.173. The average Bonchev–Trinajstić information content (AvgIpc) is 2.67. The number of rotatable bonds is 3. The Kier molecular flexibility index (Phi) is 5.08. The van der Waals surface area contributed by atoms with Crippen molar-refractivity contribution in [2.75, 3.05) is 0 Å². The van der Waals surface area contributed by atoms with Crippen LogP contribution in [0.1, 0.15) is 51.3 Å². The normalized spacial score (nSPS) is 12.7. The van der Waals surface area contributed by atoms with Crippen molar-refractivity contribution in [3.63, 3.8) is 0 Å². The standard InChI is InChI=1S/C25H27N/c1-18(20-9-7-6-8-10-20)19(2)22-13-16-24(26-17-22)21-11-14-23(15-12-21)25(3,4)5/h6-17H,1-5H3/b19-18+. The lowest BCUT2D eigenvalue weighted by atomic mass is 9.86. The van der Waals surface area contributed by atoms with Crippen molar-refractivity contribution >= 4 is 11.1 Å². The molecular weight excluding hydrogens is 314 g/mol. The van der Waals surface area contributed by atoms with Crippen molar-refractivity contribution in [2.45, 2.75) is 40.0 Å². The Morgan fingerprint density at radius 2 is 1.31 bits per heavy atom. The minimum Gasteiger partial charge on any atom is -0.256 e. The Hall–Kier alpha value is -2.67. The molecule has 26 heavy (non-hydrogen) atoms. The lowest BCUT2D eigenvalue weighted by molar-refractivity contribution is 0.590. The fourth-order valence-corrected chi connectivity index (χ4v) is 3.05. The first-order valence-electron chi connectivity index (χ1n) is 9.16. The van der Waals surface area contributed by atoms with Crippen molar-refractivity contribution in [1.29, 1.82) is 0 Å². The summed E-state index contributed by atoms with van der Waals surface area (Å²) in [7, 11) is 0. The molecule has 0 fully saturated rings. The predicted octanol–water partition coefficient (Wildman–Crippen LogP) is 7.00. The van der Waals surface area contributed by atoms with Gasteiger partial charge in [-0.1, -0.05) is 81.4 Å². The van der Waals surface area contributed by atoms with Crippen LogP contribution >= 0.6 is 0 Å². The topological polar surface area (TPSA) is 12.9 Å². The maximum atomic E-state index is 4.70. The Bertz CT molecular complexity index is 893. The van der Waals surface area contributed by atoms with Crippen molar-refractivity contribution in [3.05, 3.63) is 89.6 Å². The van der Waals surface area contributed by atoms with E-state index in [2.05, 4.69) is 95.3 Å². The molecule has 0 aliphatic rings. The van der Waals surface area contributed by atoms with E-state index in [-0.39, 0.29) is 5.41 Å². The van der Waals surface area contributed by atoms with Crippen LogP contribution in [-0.4, -0.2) is 4.98 Å². The Balaban J connectivity index is 1.87. The summed E-state index contributed by atoms with van der Waals surface area (Å²) >= 11 is 0. The number of aromatic nitrogens is 1. The van der Waals surface area contributed by atoms with Gasteiger partial charge in [0, 0.05) is 11.8 Å². The summed E-state index contributed by atoms with van der Waals surface area (Å²) in [6.45, 7) is 11.0. The van der Waals surface area contributed by atoms with Gasteiger partial charge in [-0.15, -0.1) is 0 Å². The maximum Gasteiger partial charge on any atom is 0.0702 e. The van der Waals surface area contributed by atoms with Gasteiger partial charge in [-0.05, 0) is 53.2 Å². The van der Waals surface area contributed by atoms with E-state index in [1.165, 1.54) is 27.8 Å².